The topological polar surface area (TPSA) is 12.0 Å². The number of nitrogens with one attached hydrogen (secondary N) is 1. The minimum atomic E-state index is 0.777. The number of piperidine rings is 1. The zero-order valence-corrected chi connectivity index (χ0v) is 10.0. The standard InChI is InChI=1S/C15H21N/c1-11-6-5-9-16-15(11)14-10-13(14)12-7-3-2-4-8-12/h2-4,7-8,11,13-16H,5-6,9-10H2,1H3. The minimum absolute atomic E-state index is 0.777. The summed E-state index contributed by atoms with van der Waals surface area (Å²) in [5.74, 6) is 2.60. The van der Waals surface area contributed by atoms with Gasteiger partial charge in [-0.1, -0.05) is 37.3 Å². The lowest BCUT2D eigenvalue weighted by atomic mass is 9.88. The third-order valence-electron chi connectivity index (χ3n) is 4.36. The van der Waals surface area contributed by atoms with Crippen molar-refractivity contribution in [3.8, 4) is 0 Å². The van der Waals surface area contributed by atoms with Crippen LogP contribution in [0.2, 0.25) is 0 Å². The van der Waals surface area contributed by atoms with Gasteiger partial charge < -0.3 is 5.32 Å². The van der Waals surface area contributed by atoms with Gasteiger partial charge in [0.05, 0.1) is 0 Å². The highest BCUT2D eigenvalue weighted by Gasteiger charge is 2.45. The summed E-state index contributed by atoms with van der Waals surface area (Å²) in [5, 5.41) is 3.73. The highest BCUT2D eigenvalue weighted by atomic mass is 15.0. The van der Waals surface area contributed by atoms with E-state index in [0.717, 1.165) is 23.8 Å². The average molecular weight is 215 g/mol. The summed E-state index contributed by atoms with van der Waals surface area (Å²) in [6, 6.07) is 11.8. The highest BCUT2D eigenvalue weighted by Crippen LogP contribution is 2.51. The molecule has 1 aliphatic heterocycles. The Morgan fingerprint density at radius 3 is 2.75 bits per heavy atom. The van der Waals surface area contributed by atoms with Crippen LogP contribution in [-0.4, -0.2) is 12.6 Å². The lowest BCUT2D eigenvalue weighted by Crippen LogP contribution is -2.41. The second-order valence-electron chi connectivity index (χ2n) is 5.52. The zero-order chi connectivity index (χ0) is 11.0. The van der Waals surface area contributed by atoms with E-state index < -0.39 is 0 Å². The number of benzene rings is 1. The Balaban J connectivity index is 1.67. The normalized spacial score (nSPS) is 38.3. The monoisotopic (exact) mass is 215 g/mol. The van der Waals surface area contributed by atoms with Crippen molar-refractivity contribution >= 4 is 0 Å². The molecule has 4 unspecified atom stereocenters. The number of hydrogen-bond donors (Lipinski definition) is 1. The molecule has 16 heavy (non-hydrogen) atoms. The Bertz CT molecular complexity index is 346. The molecule has 1 aromatic carbocycles. The molecule has 3 rings (SSSR count). The summed E-state index contributed by atoms with van der Waals surface area (Å²) in [5.41, 5.74) is 1.55. The van der Waals surface area contributed by atoms with Gasteiger partial charge >= 0.3 is 0 Å². The fraction of sp³-hybridized carbons (Fsp3) is 0.600. The molecule has 2 aliphatic rings. The lowest BCUT2D eigenvalue weighted by Gasteiger charge is -2.30. The van der Waals surface area contributed by atoms with E-state index in [1.807, 2.05) is 0 Å². The second kappa shape index (κ2) is 4.21. The molecule has 1 N–H and O–H groups in total. The minimum Gasteiger partial charge on any atom is -0.313 e. The molecule has 1 nitrogen and oxygen atoms in total. The molecule has 1 aromatic rings. The van der Waals surface area contributed by atoms with Crippen LogP contribution in [0.5, 0.6) is 0 Å². The van der Waals surface area contributed by atoms with Crippen molar-refractivity contribution < 1.29 is 0 Å². The molecule has 86 valence electrons. The average Bonchev–Trinajstić information content (AvgIpc) is 3.11. The van der Waals surface area contributed by atoms with Gasteiger partial charge in [0.1, 0.15) is 0 Å². The van der Waals surface area contributed by atoms with Gasteiger partial charge in [0.25, 0.3) is 0 Å². The van der Waals surface area contributed by atoms with Gasteiger partial charge in [-0.25, -0.2) is 0 Å². The molecular formula is C15H21N. The summed E-state index contributed by atoms with van der Waals surface area (Å²) in [4.78, 5) is 0. The van der Waals surface area contributed by atoms with Crippen LogP contribution in [0.25, 0.3) is 0 Å². The maximum absolute atomic E-state index is 3.73. The van der Waals surface area contributed by atoms with Gasteiger partial charge in [-0.2, -0.15) is 0 Å². The summed E-state index contributed by atoms with van der Waals surface area (Å²) in [7, 11) is 0. The van der Waals surface area contributed by atoms with E-state index >= 15 is 0 Å². The van der Waals surface area contributed by atoms with Gasteiger partial charge in [-0.3, -0.25) is 0 Å². The van der Waals surface area contributed by atoms with Crippen LogP contribution in [0.3, 0.4) is 0 Å². The van der Waals surface area contributed by atoms with E-state index in [2.05, 4.69) is 42.6 Å². The van der Waals surface area contributed by atoms with E-state index in [9.17, 15) is 0 Å². The van der Waals surface area contributed by atoms with Crippen molar-refractivity contribution in [2.75, 3.05) is 6.54 Å². The van der Waals surface area contributed by atoms with Crippen molar-refractivity contribution in [3.63, 3.8) is 0 Å². The van der Waals surface area contributed by atoms with E-state index in [4.69, 9.17) is 0 Å². The first kappa shape index (κ1) is 10.3. The molecule has 0 spiro atoms. The van der Waals surface area contributed by atoms with Crippen molar-refractivity contribution in [2.24, 2.45) is 11.8 Å². The molecule has 0 amide bonds. The molecule has 0 radical (unpaired) electrons. The Hall–Kier alpha value is -0.820. The molecular weight excluding hydrogens is 194 g/mol. The van der Waals surface area contributed by atoms with Gasteiger partial charge in [0.15, 0.2) is 0 Å². The largest absolute Gasteiger partial charge is 0.313 e. The lowest BCUT2D eigenvalue weighted by molar-refractivity contribution is 0.271. The molecule has 1 heterocycles. The first-order chi connectivity index (χ1) is 7.86. The quantitative estimate of drug-likeness (QED) is 0.799. The third kappa shape index (κ3) is 1.89. The summed E-state index contributed by atoms with van der Waals surface area (Å²) >= 11 is 0. The van der Waals surface area contributed by atoms with Gasteiger partial charge in [0, 0.05) is 6.04 Å². The third-order valence-corrected chi connectivity index (χ3v) is 4.36. The van der Waals surface area contributed by atoms with Crippen LogP contribution in [0.4, 0.5) is 0 Å². The van der Waals surface area contributed by atoms with Crippen LogP contribution in [0.1, 0.15) is 37.7 Å². The SMILES string of the molecule is CC1CCCNC1C1CC1c1ccccc1. The van der Waals surface area contributed by atoms with Crippen LogP contribution >= 0.6 is 0 Å². The Morgan fingerprint density at radius 2 is 2.00 bits per heavy atom. The smallest absolute Gasteiger partial charge is 0.0127 e. The fourth-order valence-electron chi connectivity index (χ4n) is 3.34. The van der Waals surface area contributed by atoms with Gasteiger partial charge in [-0.05, 0) is 49.1 Å². The molecule has 0 aromatic heterocycles. The zero-order valence-electron chi connectivity index (χ0n) is 10.0. The van der Waals surface area contributed by atoms with Crippen molar-refractivity contribution in [1.82, 2.24) is 5.32 Å². The Morgan fingerprint density at radius 1 is 1.19 bits per heavy atom. The maximum Gasteiger partial charge on any atom is 0.0127 e. The van der Waals surface area contributed by atoms with Crippen LogP contribution < -0.4 is 5.32 Å². The molecule has 4 atom stereocenters. The molecule has 1 heteroatoms. The van der Waals surface area contributed by atoms with Crippen molar-refractivity contribution in [2.45, 2.75) is 38.1 Å². The van der Waals surface area contributed by atoms with Gasteiger partial charge in [-0.15, -0.1) is 0 Å². The van der Waals surface area contributed by atoms with Crippen LogP contribution in [0.15, 0.2) is 30.3 Å². The van der Waals surface area contributed by atoms with Crippen molar-refractivity contribution in [1.29, 1.82) is 0 Å². The molecule has 1 aliphatic carbocycles. The molecule has 1 saturated heterocycles. The number of rotatable bonds is 2. The maximum atomic E-state index is 3.73. The summed E-state index contributed by atoms with van der Waals surface area (Å²) in [6.07, 6.45) is 4.17. The Labute approximate surface area is 98.3 Å². The van der Waals surface area contributed by atoms with E-state index in [1.165, 1.54) is 25.8 Å². The summed E-state index contributed by atoms with van der Waals surface area (Å²) < 4.78 is 0. The van der Waals surface area contributed by atoms with Crippen molar-refractivity contribution in [3.05, 3.63) is 35.9 Å². The first-order valence-corrected chi connectivity index (χ1v) is 6.64. The summed E-state index contributed by atoms with van der Waals surface area (Å²) in [6.45, 7) is 3.64. The van der Waals surface area contributed by atoms with Crippen LogP contribution in [0, 0.1) is 11.8 Å². The van der Waals surface area contributed by atoms with Gasteiger partial charge in [0.2, 0.25) is 0 Å². The highest BCUT2D eigenvalue weighted by molar-refractivity contribution is 5.27. The predicted octanol–water partition coefficient (Wildman–Crippen LogP) is 3.18. The van der Waals surface area contributed by atoms with E-state index in [1.54, 1.807) is 5.56 Å². The van der Waals surface area contributed by atoms with Crippen LogP contribution in [-0.2, 0) is 0 Å². The molecule has 2 fully saturated rings. The fourth-order valence-corrected chi connectivity index (χ4v) is 3.34. The Kier molecular flexibility index (Phi) is 2.72. The van der Waals surface area contributed by atoms with E-state index in [-0.39, 0.29) is 0 Å². The second-order valence-corrected chi connectivity index (χ2v) is 5.52. The first-order valence-electron chi connectivity index (χ1n) is 6.64. The molecule has 1 saturated carbocycles. The number of hydrogen-bond acceptors (Lipinski definition) is 1. The van der Waals surface area contributed by atoms with E-state index in [0.29, 0.717) is 0 Å². The molecule has 0 bridgehead atoms. The predicted molar refractivity (Wildman–Crippen MR) is 67.5 cm³/mol.